The van der Waals surface area contributed by atoms with Gasteiger partial charge in [0.15, 0.2) is 9.84 Å². The van der Waals surface area contributed by atoms with Gasteiger partial charge in [0.25, 0.3) is 5.78 Å². The van der Waals surface area contributed by atoms with E-state index in [1.54, 1.807) is 0 Å². The van der Waals surface area contributed by atoms with Crippen molar-refractivity contribution in [2.75, 3.05) is 12.9 Å². The molecule has 0 bridgehead atoms. The van der Waals surface area contributed by atoms with Crippen molar-refractivity contribution in [3.05, 3.63) is 23.5 Å². The molecular formula is C11H10F3NO5S. The van der Waals surface area contributed by atoms with Gasteiger partial charge in [-0.3, -0.25) is 9.78 Å². The molecule has 0 aliphatic rings. The van der Waals surface area contributed by atoms with Gasteiger partial charge in [0.05, 0.1) is 23.3 Å². The number of halogens is 3. The fraction of sp³-hybridized carbons (Fsp3) is 0.364. The van der Waals surface area contributed by atoms with E-state index < -0.39 is 38.4 Å². The Morgan fingerprint density at radius 2 is 1.90 bits per heavy atom. The van der Waals surface area contributed by atoms with Crippen LogP contribution < -0.4 is 0 Å². The molecule has 0 radical (unpaired) electrons. The first kappa shape index (κ1) is 17.1. The van der Waals surface area contributed by atoms with Gasteiger partial charge in [-0.15, -0.1) is 0 Å². The fourth-order valence-electron chi connectivity index (χ4n) is 1.39. The summed E-state index contributed by atoms with van der Waals surface area (Å²) in [5, 5.41) is 0. The van der Waals surface area contributed by atoms with Gasteiger partial charge < -0.3 is 4.74 Å². The van der Waals surface area contributed by atoms with Crippen molar-refractivity contribution in [2.24, 2.45) is 0 Å². The Balaban J connectivity index is 3.26. The van der Waals surface area contributed by atoms with Crippen molar-refractivity contribution in [3.63, 3.8) is 0 Å². The number of aryl methyl sites for hydroxylation is 1. The smallest absolute Gasteiger partial charge is 0.451 e. The highest BCUT2D eigenvalue weighted by Gasteiger charge is 2.41. The number of rotatable bonds is 4. The minimum absolute atomic E-state index is 0.127. The summed E-state index contributed by atoms with van der Waals surface area (Å²) in [6.07, 6.45) is -4.24. The van der Waals surface area contributed by atoms with Crippen LogP contribution in [-0.2, 0) is 19.4 Å². The van der Waals surface area contributed by atoms with Crippen molar-refractivity contribution >= 4 is 21.6 Å². The summed E-state index contributed by atoms with van der Waals surface area (Å²) in [4.78, 5) is 25.1. The quantitative estimate of drug-likeness (QED) is 0.770. The van der Waals surface area contributed by atoms with Crippen LogP contribution in [0.1, 0.15) is 16.1 Å². The molecule has 0 aliphatic carbocycles. The first-order chi connectivity index (χ1) is 9.49. The van der Waals surface area contributed by atoms with E-state index in [0.717, 1.165) is 19.4 Å². The van der Waals surface area contributed by atoms with Crippen LogP contribution in [0.2, 0.25) is 0 Å². The second-order valence-corrected chi connectivity index (χ2v) is 5.94. The third-order valence-corrected chi connectivity index (χ3v) is 4.16. The Kier molecular flexibility index (Phi) is 4.72. The molecule has 1 aromatic heterocycles. The largest absolute Gasteiger partial charge is 0.465 e. The molecular weight excluding hydrogens is 315 g/mol. The number of ether oxygens (including phenoxy) is 1. The SMILES string of the molecule is COC(=O)c1cnc(C)c(S(=O)(=O)CC(=O)C(F)(F)F)c1. The predicted octanol–water partition coefficient (Wildman–Crippen LogP) is 1.08. The van der Waals surface area contributed by atoms with Crippen LogP contribution >= 0.6 is 0 Å². The summed E-state index contributed by atoms with van der Waals surface area (Å²) in [6.45, 7) is 1.23. The van der Waals surface area contributed by atoms with E-state index in [1.165, 1.54) is 6.92 Å². The van der Waals surface area contributed by atoms with Gasteiger partial charge in [-0.25, -0.2) is 13.2 Å². The minimum Gasteiger partial charge on any atom is -0.465 e. The molecule has 0 amide bonds. The second kappa shape index (κ2) is 5.80. The first-order valence-corrected chi connectivity index (χ1v) is 7.02. The molecule has 0 fully saturated rings. The Morgan fingerprint density at radius 3 is 2.38 bits per heavy atom. The topological polar surface area (TPSA) is 90.4 Å². The zero-order valence-corrected chi connectivity index (χ0v) is 11.7. The van der Waals surface area contributed by atoms with Gasteiger partial charge in [-0.2, -0.15) is 13.2 Å². The number of ketones is 1. The van der Waals surface area contributed by atoms with E-state index in [2.05, 4.69) is 9.72 Å². The van der Waals surface area contributed by atoms with Gasteiger partial charge in [0.2, 0.25) is 0 Å². The van der Waals surface area contributed by atoms with Crippen molar-refractivity contribution in [1.29, 1.82) is 0 Å². The van der Waals surface area contributed by atoms with E-state index in [9.17, 15) is 31.2 Å². The number of pyridine rings is 1. The Hall–Kier alpha value is -1.97. The number of carbonyl (C=O) groups is 2. The summed E-state index contributed by atoms with van der Waals surface area (Å²) < 4.78 is 64.5. The molecule has 0 atom stereocenters. The molecule has 0 aliphatic heterocycles. The molecule has 1 rings (SSSR count). The third kappa shape index (κ3) is 4.00. The number of alkyl halides is 3. The molecule has 0 saturated heterocycles. The molecule has 0 unspecified atom stereocenters. The van der Waals surface area contributed by atoms with Gasteiger partial charge in [-0.1, -0.05) is 0 Å². The number of carbonyl (C=O) groups excluding carboxylic acids is 2. The lowest BCUT2D eigenvalue weighted by atomic mass is 10.2. The van der Waals surface area contributed by atoms with Crippen molar-refractivity contribution in [1.82, 2.24) is 4.98 Å². The van der Waals surface area contributed by atoms with Crippen LogP contribution in [-0.4, -0.2) is 44.2 Å². The standard InChI is InChI=1S/C11H10F3NO5S/c1-6-8(3-7(4-15-6)10(17)20-2)21(18,19)5-9(16)11(12,13)14/h3-4H,5H2,1-2H3. The molecule has 0 N–H and O–H groups in total. The number of esters is 1. The third-order valence-electron chi connectivity index (χ3n) is 2.43. The van der Waals surface area contributed by atoms with Crippen LogP contribution in [0, 0.1) is 6.92 Å². The van der Waals surface area contributed by atoms with Crippen LogP contribution in [0.4, 0.5) is 13.2 Å². The molecule has 6 nitrogen and oxygen atoms in total. The summed E-state index contributed by atoms with van der Waals surface area (Å²) in [5.41, 5.74) is -0.376. The average molecular weight is 325 g/mol. The zero-order valence-electron chi connectivity index (χ0n) is 10.9. The van der Waals surface area contributed by atoms with Crippen molar-refractivity contribution in [2.45, 2.75) is 18.0 Å². The van der Waals surface area contributed by atoms with Crippen molar-refractivity contribution < 1.29 is 35.9 Å². The van der Waals surface area contributed by atoms with E-state index >= 15 is 0 Å². The molecule has 10 heteroatoms. The number of sulfone groups is 1. The lowest BCUT2D eigenvalue weighted by Crippen LogP contribution is -2.30. The zero-order chi connectivity index (χ0) is 16.4. The molecule has 1 aromatic rings. The van der Waals surface area contributed by atoms with Crippen LogP contribution in [0.3, 0.4) is 0 Å². The van der Waals surface area contributed by atoms with E-state index in [-0.39, 0.29) is 11.3 Å². The highest BCUT2D eigenvalue weighted by atomic mass is 32.2. The molecule has 21 heavy (non-hydrogen) atoms. The first-order valence-electron chi connectivity index (χ1n) is 5.37. The van der Waals surface area contributed by atoms with Gasteiger partial charge >= 0.3 is 12.1 Å². The molecule has 0 spiro atoms. The summed E-state index contributed by atoms with van der Waals surface area (Å²) >= 11 is 0. The van der Waals surface area contributed by atoms with Gasteiger partial charge in [0.1, 0.15) is 5.75 Å². The van der Waals surface area contributed by atoms with Gasteiger partial charge in [0, 0.05) is 6.20 Å². The van der Waals surface area contributed by atoms with Crippen LogP contribution in [0.15, 0.2) is 17.2 Å². The maximum atomic E-state index is 12.2. The number of hydrogen-bond donors (Lipinski definition) is 0. The highest BCUT2D eigenvalue weighted by molar-refractivity contribution is 7.92. The second-order valence-electron chi connectivity index (χ2n) is 3.98. The summed E-state index contributed by atoms with van der Waals surface area (Å²) in [5.74, 6) is -5.05. The Labute approximate surface area is 117 Å². The summed E-state index contributed by atoms with van der Waals surface area (Å²) in [6, 6.07) is 0.827. The molecule has 0 aromatic carbocycles. The number of hydrogen-bond acceptors (Lipinski definition) is 6. The number of aromatic nitrogens is 1. The maximum Gasteiger partial charge on any atom is 0.451 e. The molecule has 116 valence electrons. The Morgan fingerprint density at radius 1 is 1.33 bits per heavy atom. The van der Waals surface area contributed by atoms with E-state index in [4.69, 9.17) is 0 Å². The lowest BCUT2D eigenvalue weighted by Gasteiger charge is -2.09. The number of Topliss-reactive ketones (excluding diaryl/α,β-unsaturated/α-hetero) is 1. The predicted molar refractivity (Wildman–Crippen MR) is 63.4 cm³/mol. The average Bonchev–Trinajstić information content (AvgIpc) is 2.36. The van der Waals surface area contributed by atoms with E-state index in [1.807, 2.05) is 0 Å². The molecule has 1 heterocycles. The summed E-state index contributed by atoms with van der Waals surface area (Å²) in [7, 11) is -3.53. The van der Waals surface area contributed by atoms with Crippen LogP contribution in [0.5, 0.6) is 0 Å². The maximum absolute atomic E-state index is 12.2. The Bertz CT molecular complexity index is 682. The molecule has 0 saturated carbocycles. The monoisotopic (exact) mass is 325 g/mol. The highest BCUT2D eigenvalue weighted by Crippen LogP contribution is 2.22. The fourth-order valence-corrected chi connectivity index (χ4v) is 2.86. The van der Waals surface area contributed by atoms with Gasteiger partial charge in [-0.05, 0) is 13.0 Å². The van der Waals surface area contributed by atoms with Crippen LogP contribution in [0.25, 0.3) is 0 Å². The lowest BCUT2D eigenvalue weighted by molar-refractivity contribution is -0.168. The van der Waals surface area contributed by atoms with Crippen molar-refractivity contribution in [3.8, 4) is 0 Å². The normalized spacial score (nSPS) is 12.0. The minimum atomic E-state index is -5.26. The number of nitrogens with zero attached hydrogens (tertiary/aromatic N) is 1. The number of methoxy groups -OCH3 is 1. The van der Waals surface area contributed by atoms with E-state index in [0.29, 0.717) is 0 Å².